The standard InChI is InChI=1S/C22H26O2/c1-17(23)22(24,16-18-10-4-2-5-11-18)21-15-9-8-14-20(21)19-12-6-3-7-13-19/h2,4-5,8-11,14-15,19,24H,3,6-7,12-13,16H2,1H3. The van der Waals surface area contributed by atoms with Gasteiger partial charge in [-0.1, -0.05) is 73.9 Å². The number of carbonyl (C=O) groups excluding carboxylic acids is 1. The molecule has 126 valence electrons. The second kappa shape index (κ2) is 7.31. The third kappa shape index (κ3) is 3.44. The van der Waals surface area contributed by atoms with Crippen LogP contribution in [0.2, 0.25) is 0 Å². The summed E-state index contributed by atoms with van der Waals surface area (Å²) in [5.74, 6) is 0.270. The molecule has 24 heavy (non-hydrogen) atoms. The molecule has 3 rings (SSSR count). The number of aliphatic hydroxyl groups is 1. The van der Waals surface area contributed by atoms with Gasteiger partial charge in [-0.25, -0.2) is 0 Å². The van der Waals surface area contributed by atoms with Crippen molar-refractivity contribution >= 4 is 5.78 Å². The maximum atomic E-state index is 12.5. The van der Waals surface area contributed by atoms with E-state index >= 15 is 0 Å². The van der Waals surface area contributed by atoms with Gasteiger partial charge in [-0.05, 0) is 42.4 Å². The van der Waals surface area contributed by atoms with Crippen LogP contribution in [0.25, 0.3) is 0 Å². The predicted octanol–water partition coefficient (Wildman–Crippen LogP) is 4.75. The largest absolute Gasteiger partial charge is 0.377 e. The molecule has 0 saturated heterocycles. The fourth-order valence-corrected chi connectivity index (χ4v) is 3.94. The molecule has 2 nitrogen and oxygen atoms in total. The van der Waals surface area contributed by atoms with Gasteiger partial charge in [0.25, 0.3) is 0 Å². The van der Waals surface area contributed by atoms with Crippen molar-refractivity contribution in [3.63, 3.8) is 0 Å². The molecule has 1 aliphatic carbocycles. The Bertz CT molecular complexity index is 686. The molecule has 1 fully saturated rings. The molecular weight excluding hydrogens is 296 g/mol. The van der Waals surface area contributed by atoms with Gasteiger partial charge in [0, 0.05) is 6.42 Å². The summed E-state index contributed by atoms with van der Waals surface area (Å²) in [7, 11) is 0. The normalized spacial score (nSPS) is 18.1. The first-order chi connectivity index (χ1) is 11.6. The molecule has 0 aliphatic heterocycles. The molecule has 1 saturated carbocycles. The van der Waals surface area contributed by atoms with Crippen LogP contribution >= 0.6 is 0 Å². The second-order valence-corrected chi connectivity index (χ2v) is 7.00. The van der Waals surface area contributed by atoms with E-state index in [9.17, 15) is 9.90 Å². The summed E-state index contributed by atoms with van der Waals surface area (Å²) in [6.07, 6.45) is 6.38. The van der Waals surface area contributed by atoms with Crippen LogP contribution in [0, 0.1) is 0 Å². The minimum atomic E-state index is -1.45. The van der Waals surface area contributed by atoms with Crippen LogP contribution in [0.3, 0.4) is 0 Å². The van der Waals surface area contributed by atoms with E-state index in [4.69, 9.17) is 0 Å². The molecular formula is C22H26O2. The van der Waals surface area contributed by atoms with E-state index in [1.165, 1.54) is 26.2 Å². The Morgan fingerprint density at radius 3 is 2.29 bits per heavy atom. The molecule has 1 aliphatic rings. The summed E-state index contributed by atoms with van der Waals surface area (Å²) in [4.78, 5) is 12.5. The highest BCUT2D eigenvalue weighted by Crippen LogP contribution is 2.39. The van der Waals surface area contributed by atoms with Gasteiger partial charge in [-0.15, -0.1) is 0 Å². The Balaban J connectivity index is 2.01. The Morgan fingerprint density at radius 2 is 1.62 bits per heavy atom. The van der Waals surface area contributed by atoms with Crippen LogP contribution in [-0.2, 0) is 16.8 Å². The van der Waals surface area contributed by atoms with Crippen LogP contribution in [0.1, 0.15) is 61.6 Å². The maximum Gasteiger partial charge on any atom is 0.166 e. The van der Waals surface area contributed by atoms with Crippen molar-refractivity contribution in [3.05, 3.63) is 71.3 Å². The molecule has 1 N–H and O–H groups in total. The van der Waals surface area contributed by atoms with Crippen LogP contribution in [0.15, 0.2) is 54.6 Å². The van der Waals surface area contributed by atoms with E-state index in [-0.39, 0.29) is 5.78 Å². The third-order valence-electron chi connectivity index (χ3n) is 5.34. The highest BCUT2D eigenvalue weighted by molar-refractivity contribution is 5.87. The molecule has 2 heteroatoms. The number of carbonyl (C=O) groups is 1. The third-order valence-corrected chi connectivity index (χ3v) is 5.34. The smallest absolute Gasteiger partial charge is 0.166 e. The first-order valence-electron chi connectivity index (χ1n) is 8.98. The lowest BCUT2D eigenvalue weighted by molar-refractivity contribution is -0.136. The number of rotatable bonds is 5. The van der Waals surface area contributed by atoms with Gasteiger partial charge in [0.2, 0.25) is 0 Å². The van der Waals surface area contributed by atoms with Gasteiger partial charge in [0.05, 0.1) is 0 Å². The van der Waals surface area contributed by atoms with Crippen molar-refractivity contribution < 1.29 is 9.90 Å². The fourth-order valence-electron chi connectivity index (χ4n) is 3.94. The highest BCUT2D eigenvalue weighted by Gasteiger charge is 2.38. The average molecular weight is 322 g/mol. The van der Waals surface area contributed by atoms with E-state index in [1.54, 1.807) is 0 Å². The summed E-state index contributed by atoms with van der Waals surface area (Å²) >= 11 is 0. The van der Waals surface area contributed by atoms with E-state index in [1.807, 2.05) is 48.5 Å². The van der Waals surface area contributed by atoms with Crippen molar-refractivity contribution in [2.24, 2.45) is 0 Å². The Morgan fingerprint density at radius 1 is 1.00 bits per heavy atom. The van der Waals surface area contributed by atoms with E-state index < -0.39 is 5.60 Å². The summed E-state index contributed by atoms with van der Waals surface area (Å²) < 4.78 is 0. The lowest BCUT2D eigenvalue weighted by Gasteiger charge is -2.32. The quantitative estimate of drug-likeness (QED) is 0.862. The molecule has 0 radical (unpaired) electrons. The SMILES string of the molecule is CC(=O)C(O)(Cc1ccccc1)c1ccccc1C1CCCCC1. The predicted molar refractivity (Wildman–Crippen MR) is 97.0 cm³/mol. The van der Waals surface area contributed by atoms with E-state index in [0.717, 1.165) is 29.5 Å². The van der Waals surface area contributed by atoms with Gasteiger partial charge in [0.1, 0.15) is 0 Å². The highest BCUT2D eigenvalue weighted by atomic mass is 16.3. The minimum absolute atomic E-state index is 0.186. The number of Topliss-reactive ketones (excluding diaryl/α,β-unsaturated/α-hetero) is 1. The second-order valence-electron chi connectivity index (χ2n) is 7.00. The van der Waals surface area contributed by atoms with E-state index in [2.05, 4.69) is 6.07 Å². The summed E-state index contributed by atoms with van der Waals surface area (Å²) in [6.45, 7) is 1.50. The molecule has 0 aromatic heterocycles. The molecule has 2 aromatic carbocycles. The van der Waals surface area contributed by atoms with Gasteiger partial charge in [-0.2, -0.15) is 0 Å². The molecule has 0 bridgehead atoms. The molecule has 2 aromatic rings. The Labute approximate surface area is 144 Å². The number of benzene rings is 2. The Hall–Kier alpha value is -1.93. The maximum absolute atomic E-state index is 12.5. The van der Waals surface area contributed by atoms with Crippen LogP contribution in [-0.4, -0.2) is 10.9 Å². The zero-order chi connectivity index (χ0) is 17.0. The fraction of sp³-hybridized carbons (Fsp3) is 0.409. The number of hydrogen-bond donors (Lipinski definition) is 1. The average Bonchev–Trinajstić information content (AvgIpc) is 2.63. The van der Waals surface area contributed by atoms with Gasteiger partial charge in [0.15, 0.2) is 11.4 Å². The molecule has 0 spiro atoms. The zero-order valence-electron chi connectivity index (χ0n) is 14.4. The van der Waals surface area contributed by atoms with Crippen LogP contribution in [0.5, 0.6) is 0 Å². The minimum Gasteiger partial charge on any atom is -0.377 e. The summed E-state index contributed by atoms with van der Waals surface area (Å²) in [5.41, 5.74) is 1.49. The monoisotopic (exact) mass is 322 g/mol. The molecule has 0 amide bonds. The zero-order valence-corrected chi connectivity index (χ0v) is 14.4. The van der Waals surface area contributed by atoms with Crippen LogP contribution in [0.4, 0.5) is 0 Å². The number of hydrogen-bond acceptors (Lipinski definition) is 2. The lowest BCUT2D eigenvalue weighted by Crippen LogP contribution is -2.37. The number of ketones is 1. The van der Waals surface area contributed by atoms with Gasteiger partial charge < -0.3 is 5.11 Å². The first kappa shape index (κ1) is 16.9. The van der Waals surface area contributed by atoms with E-state index in [0.29, 0.717) is 12.3 Å². The van der Waals surface area contributed by atoms with Crippen molar-refractivity contribution in [1.29, 1.82) is 0 Å². The van der Waals surface area contributed by atoms with Gasteiger partial charge in [-0.3, -0.25) is 4.79 Å². The molecule has 1 unspecified atom stereocenters. The topological polar surface area (TPSA) is 37.3 Å². The Kier molecular flexibility index (Phi) is 5.15. The molecule has 0 heterocycles. The molecule has 1 atom stereocenters. The summed E-state index contributed by atoms with van der Waals surface area (Å²) in [6, 6.07) is 17.8. The van der Waals surface area contributed by atoms with Gasteiger partial charge >= 0.3 is 0 Å². The lowest BCUT2D eigenvalue weighted by atomic mass is 9.75. The van der Waals surface area contributed by atoms with Crippen molar-refractivity contribution in [1.82, 2.24) is 0 Å². The van der Waals surface area contributed by atoms with Crippen molar-refractivity contribution in [3.8, 4) is 0 Å². The first-order valence-corrected chi connectivity index (χ1v) is 8.98. The van der Waals surface area contributed by atoms with Crippen molar-refractivity contribution in [2.75, 3.05) is 0 Å². The van der Waals surface area contributed by atoms with Crippen LogP contribution < -0.4 is 0 Å². The summed E-state index contributed by atoms with van der Waals surface area (Å²) in [5, 5.41) is 11.4. The van der Waals surface area contributed by atoms with Crippen molar-refractivity contribution in [2.45, 2.75) is 57.0 Å².